The second-order valence-corrected chi connectivity index (χ2v) is 6.45. The number of rotatable bonds is 5. The van der Waals surface area contributed by atoms with Gasteiger partial charge in [-0.3, -0.25) is 18.6 Å². The van der Waals surface area contributed by atoms with Gasteiger partial charge >= 0.3 is 5.69 Å². The first-order chi connectivity index (χ1) is 8.38. The highest BCUT2D eigenvalue weighted by Crippen LogP contribution is 2.16. The first kappa shape index (κ1) is 15.2. The van der Waals surface area contributed by atoms with E-state index in [2.05, 4.69) is 4.98 Å². The summed E-state index contributed by atoms with van der Waals surface area (Å²) in [5.41, 5.74) is -0.562. The topological polar surface area (TPSA) is 71.9 Å². The smallest absolute Gasteiger partial charge is 0.297 e. The van der Waals surface area contributed by atoms with Crippen LogP contribution in [0.3, 0.4) is 0 Å². The van der Waals surface area contributed by atoms with E-state index in [1.54, 1.807) is 6.92 Å². The van der Waals surface area contributed by atoms with Gasteiger partial charge in [0, 0.05) is 28.9 Å². The van der Waals surface area contributed by atoms with Crippen LogP contribution in [0.1, 0.15) is 32.3 Å². The fourth-order valence-corrected chi connectivity index (χ4v) is 2.66. The zero-order valence-electron chi connectivity index (χ0n) is 10.7. The molecule has 7 heteroatoms. The van der Waals surface area contributed by atoms with Crippen LogP contribution in [-0.4, -0.2) is 25.3 Å². The van der Waals surface area contributed by atoms with Gasteiger partial charge < -0.3 is 0 Å². The Morgan fingerprint density at radius 1 is 1.39 bits per heavy atom. The molecule has 0 bridgehead atoms. The van der Waals surface area contributed by atoms with Gasteiger partial charge in [-0.25, -0.2) is 4.79 Å². The van der Waals surface area contributed by atoms with Crippen molar-refractivity contribution in [3.8, 4) is 0 Å². The van der Waals surface area contributed by atoms with Crippen LogP contribution in [0.25, 0.3) is 0 Å². The van der Waals surface area contributed by atoms with E-state index in [0.717, 1.165) is 4.57 Å². The number of halogens is 1. The number of nitrogens with one attached hydrogen (secondary N) is 1. The maximum absolute atomic E-state index is 12.1. The Kier molecular flexibility index (Phi) is 5.34. The van der Waals surface area contributed by atoms with Crippen LogP contribution in [0.5, 0.6) is 0 Å². The molecule has 18 heavy (non-hydrogen) atoms. The number of hydrogen-bond donors (Lipinski definition) is 1. The van der Waals surface area contributed by atoms with Gasteiger partial charge in [-0.15, -0.1) is 0 Å². The molecule has 1 unspecified atom stereocenters. The summed E-state index contributed by atoms with van der Waals surface area (Å²) in [6.07, 6.45) is 0. The fourth-order valence-electron chi connectivity index (χ4n) is 1.60. The van der Waals surface area contributed by atoms with Gasteiger partial charge in [-0.05, 0) is 5.92 Å². The number of aromatic nitrogens is 2. The number of aromatic amines is 1. The SMILES string of the molecule is CCS(=O)CCn1c(=O)[nH]c(Cl)c(C(C)C)c1=O. The van der Waals surface area contributed by atoms with E-state index in [1.807, 2.05) is 13.8 Å². The molecule has 0 aliphatic carbocycles. The summed E-state index contributed by atoms with van der Waals surface area (Å²) in [4.78, 5) is 26.2. The summed E-state index contributed by atoms with van der Waals surface area (Å²) in [5, 5.41) is 0.0906. The Balaban J connectivity index is 3.20. The third kappa shape index (κ3) is 3.32. The normalized spacial score (nSPS) is 12.9. The van der Waals surface area contributed by atoms with Crippen LogP contribution < -0.4 is 11.2 Å². The van der Waals surface area contributed by atoms with Crippen LogP contribution in [0, 0.1) is 0 Å². The van der Waals surface area contributed by atoms with Crippen molar-refractivity contribution in [1.29, 1.82) is 0 Å². The maximum Gasteiger partial charge on any atom is 0.329 e. The van der Waals surface area contributed by atoms with E-state index >= 15 is 0 Å². The van der Waals surface area contributed by atoms with Crippen molar-refractivity contribution >= 4 is 22.4 Å². The summed E-state index contributed by atoms with van der Waals surface area (Å²) in [6, 6.07) is 0. The van der Waals surface area contributed by atoms with Crippen LogP contribution in [0.2, 0.25) is 5.15 Å². The van der Waals surface area contributed by atoms with E-state index in [4.69, 9.17) is 11.6 Å². The maximum atomic E-state index is 12.1. The predicted molar refractivity (Wildman–Crippen MR) is 74.0 cm³/mol. The highest BCUT2D eigenvalue weighted by molar-refractivity contribution is 7.84. The van der Waals surface area contributed by atoms with Crippen LogP contribution >= 0.6 is 11.6 Å². The highest BCUT2D eigenvalue weighted by Gasteiger charge is 2.15. The zero-order chi connectivity index (χ0) is 13.9. The number of nitrogens with zero attached hydrogens (tertiary/aromatic N) is 1. The molecule has 0 radical (unpaired) electrons. The second-order valence-electron chi connectivity index (χ2n) is 4.20. The van der Waals surface area contributed by atoms with Crippen molar-refractivity contribution in [1.82, 2.24) is 9.55 Å². The van der Waals surface area contributed by atoms with Gasteiger partial charge in [0.2, 0.25) is 0 Å². The van der Waals surface area contributed by atoms with Gasteiger partial charge in [0.1, 0.15) is 5.15 Å². The minimum absolute atomic E-state index is 0.0789. The summed E-state index contributed by atoms with van der Waals surface area (Å²) in [5.74, 6) is 0.723. The number of hydrogen-bond acceptors (Lipinski definition) is 3. The molecule has 0 amide bonds. The number of H-pyrrole nitrogens is 1. The third-order valence-electron chi connectivity index (χ3n) is 2.62. The van der Waals surface area contributed by atoms with Gasteiger partial charge in [-0.2, -0.15) is 0 Å². The Labute approximate surface area is 113 Å². The summed E-state index contributed by atoms with van der Waals surface area (Å²) in [7, 11) is -1.01. The standard InChI is InChI=1S/C11H17ClN2O3S/c1-4-18(17)6-5-14-10(15)8(7(2)3)9(12)13-11(14)16/h7H,4-6H2,1-3H3,(H,13,16). The van der Waals surface area contributed by atoms with E-state index in [1.165, 1.54) is 0 Å². The average Bonchev–Trinajstić information content (AvgIpc) is 2.27. The van der Waals surface area contributed by atoms with Crippen molar-refractivity contribution in [2.45, 2.75) is 33.2 Å². The first-order valence-corrected chi connectivity index (χ1v) is 7.62. The summed E-state index contributed by atoms with van der Waals surface area (Å²) >= 11 is 5.86. The molecule has 1 aromatic heterocycles. The van der Waals surface area contributed by atoms with E-state index in [0.29, 0.717) is 17.1 Å². The lowest BCUT2D eigenvalue weighted by molar-refractivity contribution is 0.639. The predicted octanol–water partition coefficient (Wildman–Crippen LogP) is 1.08. The molecule has 0 aromatic carbocycles. The van der Waals surface area contributed by atoms with E-state index in [-0.39, 0.29) is 17.6 Å². The molecule has 0 aliphatic heterocycles. The average molecular weight is 293 g/mol. The Morgan fingerprint density at radius 2 is 2.00 bits per heavy atom. The van der Waals surface area contributed by atoms with Crippen molar-refractivity contribution in [2.24, 2.45) is 0 Å². The second kappa shape index (κ2) is 6.33. The quantitative estimate of drug-likeness (QED) is 0.826. The Morgan fingerprint density at radius 3 is 2.50 bits per heavy atom. The van der Waals surface area contributed by atoms with Crippen molar-refractivity contribution in [2.75, 3.05) is 11.5 Å². The highest BCUT2D eigenvalue weighted by atomic mass is 35.5. The van der Waals surface area contributed by atoms with Crippen molar-refractivity contribution in [3.05, 3.63) is 31.6 Å². The molecular formula is C11H17ClN2O3S. The molecule has 1 rings (SSSR count). The summed E-state index contributed by atoms with van der Waals surface area (Å²) in [6.45, 7) is 5.60. The lowest BCUT2D eigenvalue weighted by Gasteiger charge is -2.10. The molecule has 0 fully saturated rings. The molecule has 1 aromatic rings. The molecule has 0 saturated heterocycles. The lowest BCUT2D eigenvalue weighted by Crippen LogP contribution is -2.39. The lowest BCUT2D eigenvalue weighted by atomic mass is 10.1. The molecule has 5 nitrogen and oxygen atoms in total. The van der Waals surface area contributed by atoms with Crippen molar-refractivity contribution in [3.63, 3.8) is 0 Å². The summed E-state index contributed by atoms with van der Waals surface area (Å²) < 4.78 is 12.4. The monoisotopic (exact) mass is 292 g/mol. The molecule has 1 atom stereocenters. The zero-order valence-corrected chi connectivity index (χ0v) is 12.2. The molecule has 1 N–H and O–H groups in total. The molecule has 0 aliphatic rings. The molecule has 102 valence electrons. The minimum atomic E-state index is -1.01. The third-order valence-corrected chi connectivity index (χ3v) is 4.20. The van der Waals surface area contributed by atoms with Crippen LogP contribution in [-0.2, 0) is 17.3 Å². The minimum Gasteiger partial charge on any atom is -0.297 e. The fraction of sp³-hybridized carbons (Fsp3) is 0.636. The van der Waals surface area contributed by atoms with Gasteiger partial charge in [-0.1, -0.05) is 32.4 Å². The van der Waals surface area contributed by atoms with E-state index < -0.39 is 22.0 Å². The largest absolute Gasteiger partial charge is 0.329 e. The molecule has 1 heterocycles. The Bertz CT molecular complexity index is 562. The van der Waals surface area contributed by atoms with Gasteiger partial charge in [0.05, 0.1) is 5.56 Å². The van der Waals surface area contributed by atoms with Gasteiger partial charge in [0.25, 0.3) is 5.56 Å². The first-order valence-electron chi connectivity index (χ1n) is 5.76. The Hall–Kier alpha value is -0.880. The van der Waals surface area contributed by atoms with Gasteiger partial charge in [0.15, 0.2) is 0 Å². The molecule has 0 saturated carbocycles. The van der Waals surface area contributed by atoms with Crippen LogP contribution in [0.4, 0.5) is 0 Å². The molecule has 0 spiro atoms. The molecular weight excluding hydrogens is 276 g/mol. The van der Waals surface area contributed by atoms with E-state index in [9.17, 15) is 13.8 Å². The van der Waals surface area contributed by atoms with Crippen molar-refractivity contribution < 1.29 is 4.21 Å². The van der Waals surface area contributed by atoms with Crippen LogP contribution in [0.15, 0.2) is 9.59 Å².